The van der Waals surface area contributed by atoms with Gasteiger partial charge in [-0.1, -0.05) is 71.5 Å². The molecule has 5 aromatic rings. The number of anilines is 1. The highest BCUT2D eigenvalue weighted by Gasteiger charge is 2.25. The highest BCUT2D eigenvalue weighted by Crippen LogP contribution is 2.35. The first-order valence-corrected chi connectivity index (χ1v) is 10.8. The summed E-state index contributed by atoms with van der Waals surface area (Å²) in [5, 5.41) is 1.92. The fraction of sp³-hybridized carbons (Fsp3) is 0.0833. The number of amides is 1. The molecule has 31 heavy (non-hydrogen) atoms. The summed E-state index contributed by atoms with van der Waals surface area (Å²) in [6, 6.07) is 22.7. The zero-order valence-corrected chi connectivity index (χ0v) is 18.1. The van der Waals surface area contributed by atoms with Crippen LogP contribution in [-0.2, 0) is 6.54 Å². The highest BCUT2D eigenvalue weighted by atomic mass is 35.5. The van der Waals surface area contributed by atoms with Gasteiger partial charge in [0, 0.05) is 5.39 Å². The van der Waals surface area contributed by atoms with Gasteiger partial charge in [0.1, 0.15) is 5.52 Å². The van der Waals surface area contributed by atoms with Crippen molar-refractivity contribution in [2.75, 3.05) is 12.0 Å². The fourth-order valence-corrected chi connectivity index (χ4v) is 4.71. The molecule has 0 aliphatic heterocycles. The second-order valence-electron chi connectivity index (χ2n) is 6.95. The van der Waals surface area contributed by atoms with Crippen LogP contribution >= 0.6 is 22.9 Å². The minimum absolute atomic E-state index is 0.223. The van der Waals surface area contributed by atoms with E-state index in [-0.39, 0.29) is 11.7 Å². The number of thiazole rings is 1. The first-order chi connectivity index (χ1) is 15.1. The molecule has 0 spiro atoms. The number of aromatic nitrogens is 1. The summed E-state index contributed by atoms with van der Waals surface area (Å²) < 4.78 is 12.2. The van der Waals surface area contributed by atoms with Gasteiger partial charge in [-0.15, -0.1) is 0 Å². The van der Waals surface area contributed by atoms with Gasteiger partial charge in [-0.3, -0.25) is 9.69 Å². The van der Waals surface area contributed by atoms with Crippen molar-refractivity contribution >= 4 is 55.2 Å². The molecule has 0 bridgehead atoms. The lowest BCUT2D eigenvalue weighted by Crippen LogP contribution is -2.30. The average molecular weight is 449 g/mol. The van der Waals surface area contributed by atoms with Crippen LogP contribution in [0.25, 0.3) is 21.2 Å². The maximum absolute atomic E-state index is 13.6. The zero-order valence-electron chi connectivity index (χ0n) is 16.5. The fourth-order valence-electron chi connectivity index (χ4n) is 3.45. The minimum Gasteiger partial charge on any atom is -0.493 e. The largest absolute Gasteiger partial charge is 0.493 e. The monoisotopic (exact) mass is 448 g/mol. The standard InChI is InChI=1S/C24H17ClN2O3S/c1-29-18-11-5-9-16-13-19(30-22(16)18)23(28)27(14-15-7-3-2-4-8-15)24-26-21-17(25)10-6-12-20(21)31-24/h2-13H,14H2,1H3. The molecule has 0 saturated heterocycles. The Kier molecular flexibility index (Phi) is 5.10. The number of hydrogen-bond acceptors (Lipinski definition) is 5. The van der Waals surface area contributed by atoms with Gasteiger partial charge in [-0.2, -0.15) is 0 Å². The molecule has 0 N–H and O–H groups in total. The smallest absolute Gasteiger partial charge is 0.296 e. The van der Waals surface area contributed by atoms with E-state index in [1.807, 2.05) is 54.6 Å². The van der Waals surface area contributed by atoms with E-state index in [9.17, 15) is 4.79 Å². The number of para-hydroxylation sites is 2. The van der Waals surface area contributed by atoms with Gasteiger partial charge in [0.15, 0.2) is 22.2 Å². The van der Waals surface area contributed by atoms with Crippen molar-refractivity contribution in [2.45, 2.75) is 6.54 Å². The molecule has 2 heterocycles. The van der Waals surface area contributed by atoms with E-state index in [1.54, 1.807) is 30.2 Å². The number of ether oxygens (including phenoxy) is 1. The molecule has 0 aliphatic rings. The number of benzene rings is 3. The molecule has 2 aromatic heterocycles. The molecule has 1 amide bonds. The van der Waals surface area contributed by atoms with Crippen LogP contribution in [0.5, 0.6) is 5.75 Å². The van der Waals surface area contributed by atoms with Gasteiger partial charge < -0.3 is 9.15 Å². The van der Waals surface area contributed by atoms with Gasteiger partial charge in [-0.25, -0.2) is 4.98 Å². The molecule has 5 rings (SSSR count). The summed E-state index contributed by atoms with van der Waals surface area (Å²) in [4.78, 5) is 19.9. The molecule has 0 saturated carbocycles. The molecule has 0 atom stereocenters. The van der Waals surface area contributed by atoms with Crippen LogP contribution in [0.15, 0.2) is 77.2 Å². The number of nitrogens with zero attached hydrogens (tertiary/aromatic N) is 2. The number of hydrogen-bond donors (Lipinski definition) is 0. The summed E-state index contributed by atoms with van der Waals surface area (Å²) in [5.74, 6) is 0.524. The van der Waals surface area contributed by atoms with Crippen molar-refractivity contribution in [1.82, 2.24) is 4.98 Å². The van der Waals surface area contributed by atoms with E-state index in [4.69, 9.17) is 20.8 Å². The molecular formula is C24H17ClN2O3S. The zero-order chi connectivity index (χ0) is 21.4. The number of carbonyl (C=O) groups excluding carboxylic acids is 1. The third-order valence-corrected chi connectivity index (χ3v) is 6.31. The number of methoxy groups -OCH3 is 1. The van der Waals surface area contributed by atoms with E-state index in [0.717, 1.165) is 15.6 Å². The van der Waals surface area contributed by atoms with Crippen LogP contribution in [0.4, 0.5) is 5.13 Å². The second-order valence-corrected chi connectivity index (χ2v) is 8.37. The topological polar surface area (TPSA) is 55.6 Å². The van der Waals surface area contributed by atoms with E-state index in [0.29, 0.717) is 33.5 Å². The van der Waals surface area contributed by atoms with E-state index in [1.165, 1.54) is 11.3 Å². The Balaban J connectivity index is 1.61. The van der Waals surface area contributed by atoms with Gasteiger partial charge in [0.2, 0.25) is 0 Å². The Labute approximate surface area is 187 Å². The lowest BCUT2D eigenvalue weighted by atomic mass is 10.2. The van der Waals surface area contributed by atoms with Crippen molar-refractivity contribution in [2.24, 2.45) is 0 Å². The maximum Gasteiger partial charge on any atom is 0.296 e. The second kappa shape index (κ2) is 8.06. The molecule has 0 radical (unpaired) electrons. The predicted octanol–water partition coefficient (Wildman–Crippen LogP) is 6.55. The summed E-state index contributed by atoms with van der Waals surface area (Å²) in [6.07, 6.45) is 0. The van der Waals surface area contributed by atoms with Crippen LogP contribution in [0.2, 0.25) is 5.02 Å². The first kappa shape index (κ1) is 19.6. The van der Waals surface area contributed by atoms with Crippen LogP contribution in [-0.4, -0.2) is 18.0 Å². The van der Waals surface area contributed by atoms with Gasteiger partial charge >= 0.3 is 0 Å². The van der Waals surface area contributed by atoms with Crippen molar-refractivity contribution in [1.29, 1.82) is 0 Å². The minimum atomic E-state index is -0.280. The number of fused-ring (bicyclic) bond motifs is 2. The average Bonchev–Trinajstić information content (AvgIpc) is 3.43. The summed E-state index contributed by atoms with van der Waals surface area (Å²) >= 11 is 7.75. The van der Waals surface area contributed by atoms with Gasteiger partial charge in [0.05, 0.1) is 23.4 Å². The Morgan fingerprint density at radius 2 is 1.90 bits per heavy atom. The third kappa shape index (κ3) is 3.65. The van der Waals surface area contributed by atoms with Gasteiger partial charge in [0.25, 0.3) is 5.91 Å². The molecule has 7 heteroatoms. The van der Waals surface area contributed by atoms with Crippen LogP contribution in [0.3, 0.4) is 0 Å². The van der Waals surface area contributed by atoms with Crippen LogP contribution in [0.1, 0.15) is 16.1 Å². The molecule has 3 aromatic carbocycles. The van der Waals surface area contributed by atoms with Gasteiger partial charge in [-0.05, 0) is 29.8 Å². The number of halogens is 1. The molecule has 0 aliphatic carbocycles. The lowest BCUT2D eigenvalue weighted by Gasteiger charge is -2.18. The molecular weight excluding hydrogens is 432 g/mol. The highest BCUT2D eigenvalue weighted by molar-refractivity contribution is 7.22. The van der Waals surface area contributed by atoms with Crippen molar-refractivity contribution < 1.29 is 13.9 Å². The maximum atomic E-state index is 13.6. The quantitative estimate of drug-likeness (QED) is 0.306. The summed E-state index contributed by atoms with van der Waals surface area (Å²) in [6.45, 7) is 0.352. The number of carbonyl (C=O) groups is 1. The Morgan fingerprint density at radius 1 is 1.10 bits per heavy atom. The van der Waals surface area contributed by atoms with E-state index < -0.39 is 0 Å². The number of rotatable bonds is 5. The lowest BCUT2D eigenvalue weighted by molar-refractivity contribution is 0.0960. The van der Waals surface area contributed by atoms with Crippen molar-refractivity contribution in [3.05, 3.63) is 89.1 Å². The molecule has 0 fully saturated rings. The summed E-state index contributed by atoms with van der Waals surface area (Å²) in [7, 11) is 1.57. The normalized spacial score (nSPS) is 11.2. The van der Waals surface area contributed by atoms with Crippen molar-refractivity contribution in [3.63, 3.8) is 0 Å². The predicted molar refractivity (Wildman–Crippen MR) is 124 cm³/mol. The molecule has 0 unspecified atom stereocenters. The van der Waals surface area contributed by atoms with Crippen molar-refractivity contribution in [3.8, 4) is 5.75 Å². The first-order valence-electron chi connectivity index (χ1n) is 9.61. The molecule has 154 valence electrons. The SMILES string of the molecule is COc1cccc2cc(C(=O)N(Cc3ccccc3)c3nc4c(Cl)cccc4s3)oc12. The Morgan fingerprint density at radius 3 is 2.68 bits per heavy atom. The Hall–Kier alpha value is -3.35. The van der Waals surface area contributed by atoms with Crippen LogP contribution < -0.4 is 9.64 Å². The van der Waals surface area contributed by atoms with Crippen LogP contribution in [0, 0.1) is 0 Å². The third-order valence-electron chi connectivity index (χ3n) is 4.96. The summed E-state index contributed by atoms with van der Waals surface area (Å²) in [5.41, 5.74) is 2.21. The van der Waals surface area contributed by atoms with E-state index >= 15 is 0 Å². The number of furan rings is 1. The Bertz CT molecular complexity index is 1390. The molecule has 5 nitrogen and oxygen atoms in total. The van der Waals surface area contributed by atoms with E-state index in [2.05, 4.69) is 4.98 Å².